The smallest absolute Gasteiger partial charge is 0.328 e. The van der Waals surface area contributed by atoms with Gasteiger partial charge in [-0.1, -0.05) is 13.3 Å². The van der Waals surface area contributed by atoms with Crippen molar-refractivity contribution in [1.29, 1.82) is 0 Å². The number of carbonyl (C=O) groups is 2. The number of methoxy groups -OCH3 is 2. The number of hydrogen-bond donors (Lipinski definition) is 0. The number of rotatable bonds is 5. The van der Waals surface area contributed by atoms with Gasteiger partial charge >= 0.3 is 5.97 Å². The monoisotopic (exact) mass is 291 g/mol. The quantitative estimate of drug-likeness (QED) is 0.779. The Hall–Kier alpha value is -2.04. The van der Waals surface area contributed by atoms with Gasteiger partial charge in [0.15, 0.2) is 0 Å². The normalized spacial score (nSPS) is 17.1. The van der Waals surface area contributed by atoms with Crippen molar-refractivity contribution < 1.29 is 19.1 Å². The number of nitrogens with zero attached hydrogens (tertiary/aromatic N) is 1. The van der Waals surface area contributed by atoms with E-state index in [1.54, 1.807) is 18.1 Å². The molecule has 0 N–H and O–H groups in total. The van der Waals surface area contributed by atoms with Gasteiger partial charge in [-0.15, -0.1) is 0 Å². The Balaban J connectivity index is 2.22. The van der Waals surface area contributed by atoms with Crippen molar-refractivity contribution in [3.63, 3.8) is 0 Å². The van der Waals surface area contributed by atoms with Gasteiger partial charge in [0.2, 0.25) is 0 Å². The molecule has 1 aliphatic heterocycles. The maximum Gasteiger partial charge on any atom is 0.328 e. The SMILES string of the molecule is CCCc1cc(OC)cc(C(=O)N2CCC2C(=O)OC)c1. The van der Waals surface area contributed by atoms with Crippen molar-refractivity contribution in [1.82, 2.24) is 4.90 Å². The summed E-state index contributed by atoms with van der Waals surface area (Å²) in [6.45, 7) is 2.67. The van der Waals surface area contributed by atoms with E-state index < -0.39 is 6.04 Å². The first-order valence-corrected chi connectivity index (χ1v) is 7.17. The minimum Gasteiger partial charge on any atom is -0.497 e. The lowest BCUT2D eigenvalue weighted by molar-refractivity contribution is -0.149. The molecule has 0 aliphatic carbocycles. The zero-order chi connectivity index (χ0) is 15.4. The minimum absolute atomic E-state index is 0.145. The lowest BCUT2D eigenvalue weighted by atomic mass is 9.99. The van der Waals surface area contributed by atoms with E-state index in [0.717, 1.165) is 18.4 Å². The summed E-state index contributed by atoms with van der Waals surface area (Å²) in [7, 11) is 2.93. The molecule has 0 aromatic heterocycles. The van der Waals surface area contributed by atoms with Gasteiger partial charge < -0.3 is 14.4 Å². The summed E-state index contributed by atoms with van der Waals surface area (Å²) in [6.07, 6.45) is 2.54. The molecule has 1 unspecified atom stereocenters. The third kappa shape index (κ3) is 3.17. The van der Waals surface area contributed by atoms with Crippen LogP contribution < -0.4 is 4.74 Å². The molecule has 1 amide bonds. The fraction of sp³-hybridized carbons (Fsp3) is 0.500. The topological polar surface area (TPSA) is 55.8 Å². The highest BCUT2D eigenvalue weighted by molar-refractivity contribution is 5.98. The zero-order valence-corrected chi connectivity index (χ0v) is 12.7. The highest BCUT2D eigenvalue weighted by Crippen LogP contribution is 2.25. The van der Waals surface area contributed by atoms with E-state index >= 15 is 0 Å². The van der Waals surface area contributed by atoms with Crippen molar-refractivity contribution in [3.8, 4) is 5.75 Å². The lowest BCUT2D eigenvalue weighted by Gasteiger charge is -2.38. The summed E-state index contributed by atoms with van der Waals surface area (Å²) < 4.78 is 9.98. The van der Waals surface area contributed by atoms with Crippen molar-refractivity contribution in [2.24, 2.45) is 0 Å². The zero-order valence-electron chi connectivity index (χ0n) is 12.7. The molecule has 0 bridgehead atoms. The van der Waals surface area contributed by atoms with Crippen LogP contribution in [-0.4, -0.2) is 43.6 Å². The second-order valence-electron chi connectivity index (χ2n) is 5.15. The molecule has 5 nitrogen and oxygen atoms in total. The first kappa shape index (κ1) is 15.4. The largest absolute Gasteiger partial charge is 0.497 e. The number of benzene rings is 1. The summed E-state index contributed by atoms with van der Waals surface area (Å²) in [5.74, 6) is 0.165. The molecule has 1 atom stereocenters. The van der Waals surface area contributed by atoms with Crippen molar-refractivity contribution in [3.05, 3.63) is 29.3 Å². The summed E-state index contributed by atoms with van der Waals surface area (Å²) in [4.78, 5) is 25.7. The van der Waals surface area contributed by atoms with Crippen LogP contribution in [-0.2, 0) is 16.0 Å². The van der Waals surface area contributed by atoms with Gasteiger partial charge in [0.05, 0.1) is 14.2 Å². The third-order valence-corrected chi connectivity index (χ3v) is 3.74. The summed E-state index contributed by atoms with van der Waals surface area (Å²) in [5.41, 5.74) is 1.63. The molecule has 1 aromatic rings. The first-order valence-electron chi connectivity index (χ1n) is 7.17. The van der Waals surface area contributed by atoms with E-state index in [4.69, 9.17) is 9.47 Å². The van der Waals surface area contributed by atoms with Crippen LogP contribution >= 0.6 is 0 Å². The van der Waals surface area contributed by atoms with Crippen LogP contribution in [0.25, 0.3) is 0 Å². The molecule has 5 heteroatoms. The Labute approximate surface area is 124 Å². The van der Waals surface area contributed by atoms with Crippen LogP contribution in [0.3, 0.4) is 0 Å². The van der Waals surface area contributed by atoms with Crippen LogP contribution in [0.1, 0.15) is 35.7 Å². The van der Waals surface area contributed by atoms with Crippen LogP contribution in [0.4, 0.5) is 0 Å². The van der Waals surface area contributed by atoms with Gasteiger partial charge in [0, 0.05) is 12.1 Å². The van der Waals surface area contributed by atoms with E-state index in [2.05, 4.69) is 6.92 Å². The maximum atomic E-state index is 12.5. The predicted octanol–water partition coefficient (Wildman–Crippen LogP) is 2.04. The maximum absolute atomic E-state index is 12.5. The predicted molar refractivity (Wildman–Crippen MR) is 78.4 cm³/mol. The second-order valence-corrected chi connectivity index (χ2v) is 5.15. The fourth-order valence-electron chi connectivity index (χ4n) is 2.51. The minimum atomic E-state index is -0.455. The molecular weight excluding hydrogens is 270 g/mol. The van der Waals surface area contributed by atoms with Gasteiger partial charge in [0.25, 0.3) is 5.91 Å². The summed E-state index contributed by atoms with van der Waals surface area (Å²) in [5, 5.41) is 0. The van der Waals surface area contributed by atoms with Crippen LogP contribution in [0, 0.1) is 0 Å². The standard InChI is InChI=1S/C16H21NO4/c1-4-5-11-8-12(10-13(9-11)20-2)15(18)17-7-6-14(17)16(19)21-3/h8-10,14H,4-7H2,1-3H3. The number of esters is 1. The molecule has 0 radical (unpaired) electrons. The molecule has 114 valence electrons. The molecule has 1 aromatic carbocycles. The highest BCUT2D eigenvalue weighted by atomic mass is 16.5. The van der Waals surface area contributed by atoms with Crippen molar-refractivity contribution in [2.75, 3.05) is 20.8 Å². The average Bonchev–Trinajstić information content (AvgIpc) is 2.45. The van der Waals surface area contributed by atoms with Gasteiger partial charge in [0.1, 0.15) is 11.8 Å². The number of carbonyl (C=O) groups excluding carboxylic acids is 2. The Morgan fingerprint density at radius 2 is 2.05 bits per heavy atom. The highest BCUT2D eigenvalue weighted by Gasteiger charge is 2.38. The van der Waals surface area contributed by atoms with Crippen molar-refractivity contribution >= 4 is 11.9 Å². The Kier molecular flexibility index (Phi) is 4.83. The van der Waals surface area contributed by atoms with E-state index in [1.165, 1.54) is 7.11 Å². The van der Waals surface area contributed by atoms with Crippen LogP contribution in [0.2, 0.25) is 0 Å². The molecule has 2 rings (SSSR count). The van der Waals surface area contributed by atoms with E-state index in [0.29, 0.717) is 24.3 Å². The average molecular weight is 291 g/mol. The number of aryl methyl sites for hydroxylation is 1. The van der Waals surface area contributed by atoms with Gasteiger partial charge in [-0.25, -0.2) is 4.79 Å². The van der Waals surface area contributed by atoms with Gasteiger partial charge in [-0.3, -0.25) is 4.79 Å². The second kappa shape index (κ2) is 6.61. The summed E-state index contributed by atoms with van der Waals surface area (Å²) in [6, 6.07) is 5.08. The number of amides is 1. The Morgan fingerprint density at radius 1 is 1.29 bits per heavy atom. The van der Waals surface area contributed by atoms with Gasteiger partial charge in [-0.2, -0.15) is 0 Å². The van der Waals surface area contributed by atoms with E-state index in [-0.39, 0.29) is 11.9 Å². The molecule has 1 heterocycles. The molecular formula is C16H21NO4. The molecule has 1 saturated heterocycles. The van der Waals surface area contributed by atoms with E-state index in [9.17, 15) is 9.59 Å². The molecule has 1 fully saturated rings. The third-order valence-electron chi connectivity index (χ3n) is 3.74. The Bertz CT molecular complexity index is 541. The number of hydrogen-bond acceptors (Lipinski definition) is 4. The van der Waals surface area contributed by atoms with Crippen molar-refractivity contribution in [2.45, 2.75) is 32.2 Å². The molecule has 0 saturated carbocycles. The number of ether oxygens (including phenoxy) is 2. The fourth-order valence-corrected chi connectivity index (χ4v) is 2.51. The molecule has 0 spiro atoms. The lowest BCUT2D eigenvalue weighted by Crippen LogP contribution is -2.55. The van der Waals surface area contributed by atoms with Crippen LogP contribution in [0.15, 0.2) is 18.2 Å². The molecule has 1 aliphatic rings. The van der Waals surface area contributed by atoms with Crippen LogP contribution in [0.5, 0.6) is 5.75 Å². The molecule has 21 heavy (non-hydrogen) atoms. The number of likely N-dealkylation sites (tertiary alicyclic amines) is 1. The first-order chi connectivity index (χ1) is 10.1. The summed E-state index contributed by atoms with van der Waals surface area (Å²) >= 11 is 0. The van der Waals surface area contributed by atoms with E-state index in [1.807, 2.05) is 12.1 Å². The Morgan fingerprint density at radius 3 is 2.57 bits per heavy atom. The van der Waals surface area contributed by atoms with Gasteiger partial charge in [-0.05, 0) is 36.6 Å².